The molecule has 2 aliphatic rings. The van der Waals surface area contributed by atoms with Gasteiger partial charge >= 0.3 is 6.03 Å². The van der Waals surface area contributed by atoms with Crippen LogP contribution < -0.4 is 5.32 Å². The van der Waals surface area contributed by atoms with Gasteiger partial charge in [0.15, 0.2) is 0 Å². The van der Waals surface area contributed by atoms with E-state index >= 15 is 0 Å². The molecule has 0 aromatic carbocycles. The highest BCUT2D eigenvalue weighted by Crippen LogP contribution is 2.41. The van der Waals surface area contributed by atoms with E-state index in [9.17, 15) is 4.79 Å². The van der Waals surface area contributed by atoms with Gasteiger partial charge in [0.1, 0.15) is 0 Å². The summed E-state index contributed by atoms with van der Waals surface area (Å²) in [5.41, 5.74) is 2.31. The van der Waals surface area contributed by atoms with Crippen molar-refractivity contribution in [3.8, 4) is 0 Å². The summed E-state index contributed by atoms with van der Waals surface area (Å²) in [6.07, 6.45) is 3.35. The van der Waals surface area contributed by atoms with Crippen LogP contribution in [0.5, 0.6) is 0 Å². The lowest BCUT2D eigenvalue weighted by Gasteiger charge is -2.40. The van der Waals surface area contributed by atoms with E-state index in [2.05, 4.69) is 41.9 Å². The minimum Gasteiger partial charge on any atom is -0.333 e. The van der Waals surface area contributed by atoms with Crippen molar-refractivity contribution in [2.24, 2.45) is 5.92 Å². The molecule has 1 aliphatic carbocycles. The van der Waals surface area contributed by atoms with Crippen LogP contribution in [0.2, 0.25) is 0 Å². The molecule has 1 saturated carbocycles. The minimum absolute atomic E-state index is 0.0918. The zero-order valence-electron chi connectivity index (χ0n) is 13.5. The molecule has 2 amide bonds. The maximum Gasteiger partial charge on any atom is 0.317 e. The Labute approximate surface area is 126 Å². The molecular weight excluding hydrogens is 264 g/mol. The summed E-state index contributed by atoms with van der Waals surface area (Å²) in [4.78, 5) is 14.2. The first-order valence-electron chi connectivity index (χ1n) is 7.98. The molecule has 1 aromatic heterocycles. The zero-order chi connectivity index (χ0) is 15.2. The van der Waals surface area contributed by atoms with Crippen LogP contribution in [0.4, 0.5) is 4.79 Å². The Bertz CT molecular complexity index is 538. The van der Waals surface area contributed by atoms with Gasteiger partial charge in [-0.05, 0) is 45.1 Å². The Morgan fingerprint density at radius 3 is 2.57 bits per heavy atom. The van der Waals surface area contributed by atoms with Crippen molar-refractivity contribution in [3.63, 3.8) is 0 Å². The number of carbonyl (C=O) groups excluding carboxylic acids is 1. The molecule has 0 atom stereocenters. The van der Waals surface area contributed by atoms with E-state index in [4.69, 9.17) is 0 Å². The minimum atomic E-state index is 0.0918. The first kappa shape index (κ1) is 14.4. The third kappa shape index (κ3) is 2.92. The summed E-state index contributed by atoms with van der Waals surface area (Å²) in [5.74, 6) is 0.631. The second-order valence-electron chi connectivity index (χ2n) is 7.24. The van der Waals surface area contributed by atoms with Crippen LogP contribution in [-0.4, -0.2) is 39.3 Å². The number of urea groups is 1. The number of carbonyl (C=O) groups is 1. The normalized spacial score (nSPS) is 20.5. The van der Waals surface area contributed by atoms with Gasteiger partial charge in [0, 0.05) is 24.3 Å². The molecule has 0 radical (unpaired) electrons. The topological polar surface area (TPSA) is 50.2 Å². The number of aromatic nitrogens is 2. The van der Waals surface area contributed by atoms with Crippen LogP contribution in [0.15, 0.2) is 6.07 Å². The van der Waals surface area contributed by atoms with Gasteiger partial charge in [0.2, 0.25) is 0 Å². The highest BCUT2D eigenvalue weighted by atomic mass is 16.2. The second-order valence-corrected chi connectivity index (χ2v) is 7.24. The van der Waals surface area contributed by atoms with Crippen LogP contribution >= 0.6 is 0 Å². The molecule has 116 valence electrons. The molecule has 0 bridgehead atoms. The molecule has 21 heavy (non-hydrogen) atoms. The van der Waals surface area contributed by atoms with Gasteiger partial charge in [-0.3, -0.25) is 4.68 Å². The molecule has 1 aromatic rings. The highest BCUT2D eigenvalue weighted by Gasteiger charge is 2.46. The summed E-state index contributed by atoms with van der Waals surface area (Å²) in [7, 11) is 0. The molecule has 1 aliphatic heterocycles. The molecule has 1 saturated heterocycles. The van der Waals surface area contributed by atoms with Crippen molar-refractivity contribution < 1.29 is 4.79 Å². The quantitative estimate of drug-likeness (QED) is 0.927. The second kappa shape index (κ2) is 5.04. The van der Waals surface area contributed by atoms with E-state index in [0.717, 1.165) is 38.0 Å². The van der Waals surface area contributed by atoms with E-state index in [1.165, 1.54) is 5.69 Å². The fourth-order valence-electron chi connectivity index (χ4n) is 3.41. The predicted octanol–water partition coefficient (Wildman–Crippen LogP) is 2.64. The number of aryl methyl sites for hydroxylation is 2. The van der Waals surface area contributed by atoms with Gasteiger partial charge in [-0.15, -0.1) is 0 Å². The largest absolute Gasteiger partial charge is 0.333 e. The Hall–Kier alpha value is -1.52. The summed E-state index contributed by atoms with van der Waals surface area (Å²) in [5, 5.41) is 7.76. The van der Waals surface area contributed by atoms with Gasteiger partial charge in [-0.2, -0.15) is 5.10 Å². The van der Waals surface area contributed by atoms with Gasteiger partial charge in [-0.25, -0.2) is 4.79 Å². The monoisotopic (exact) mass is 290 g/mol. The zero-order valence-corrected chi connectivity index (χ0v) is 13.5. The van der Waals surface area contributed by atoms with Crippen molar-refractivity contribution in [1.29, 1.82) is 0 Å². The van der Waals surface area contributed by atoms with E-state index in [1.54, 1.807) is 0 Å². The first-order valence-corrected chi connectivity index (χ1v) is 7.98. The number of nitrogens with one attached hydrogen (secondary N) is 1. The molecule has 5 nitrogen and oxygen atoms in total. The number of nitrogens with zero attached hydrogens (tertiary/aromatic N) is 3. The van der Waals surface area contributed by atoms with Crippen molar-refractivity contribution >= 4 is 6.03 Å². The third-order valence-corrected chi connectivity index (χ3v) is 4.56. The molecule has 5 heteroatoms. The third-order valence-electron chi connectivity index (χ3n) is 4.56. The van der Waals surface area contributed by atoms with Crippen LogP contribution in [0, 0.1) is 19.8 Å². The maximum atomic E-state index is 12.3. The first-order chi connectivity index (χ1) is 9.88. The lowest BCUT2D eigenvalue weighted by Crippen LogP contribution is -2.56. The van der Waals surface area contributed by atoms with Crippen LogP contribution in [0.1, 0.15) is 50.5 Å². The molecule has 3 rings (SSSR count). The Morgan fingerprint density at radius 1 is 1.43 bits per heavy atom. The Balaban J connectivity index is 1.52. The van der Waals surface area contributed by atoms with Crippen molar-refractivity contribution in [1.82, 2.24) is 20.0 Å². The van der Waals surface area contributed by atoms with Gasteiger partial charge in [0.25, 0.3) is 0 Å². The van der Waals surface area contributed by atoms with Crippen LogP contribution in [0.3, 0.4) is 0 Å². The molecular formula is C16H26N4O. The van der Waals surface area contributed by atoms with Crippen molar-refractivity contribution in [2.75, 3.05) is 13.1 Å². The lowest BCUT2D eigenvalue weighted by atomic mass is 10.0. The number of hydrogen-bond donors (Lipinski definition) is 1. The molecule has 0 spiro atoms. The molecule has 0 unspecified atom stereocenters. The summed E-state index contributed by atoms with van der Waals surface area (Å²) >= 11 is 0. The smallest absolute Gasteiger partial charge is 0.317 e. The van der Waals surface area contributed by atoms with E-state index in [-0.39, 0.29) is 11.6 Å². The average Bonchev–Trinajstić information content (AvgIpc) is 2.95. The van der Waals surface area contributed by atoms with E-state index in [0.29, 0.717) is 12.0 Å². The fourth-order valence-corrected chi connectivity index (χ4v) is 3.41. The van der Waals surface area contributed by atoms with Crippen LogP contribution in [-0.2, 0) is 0 Å². The molecule has 2 heterocycles. The number of hydrogen-bond acceptors (Lipinski definition) is 2. The fraction of sp³-hybridized carbons (Fsp3) is 0.750. The highest BCUT2D eigenvalue weighted by molar-refractivity contribution is 5.76. The van der Waals surface area contributed by atoms with E-state index < -0.39 is 0 Å². The summed E-state index contributed by atoms with van der Waals surface area (Å²) < 4.78 is 2.06. The molecule has 1 N–H and O–H groups in total. The number of likely N-dealkylation sites (tertiary alicyclic amines) is 1. The number of amides is 2. The summed E-state index contributed by atoms with van der Waals surface area (Å²) in [6.45, 7) is 10.1. The molecule has 2 fully saturated rings. The predicted molar refractivity (Wildman–Crippen MR) is 82.3 cm³/mol. The lowest BCUT2D eigenvalue weighted by molar-refractivity contribution is 0.113. The maximum absolute atomic E-state index is 12.3. The Kier molecular flexibility index (Phi) is 3.46. The van der Waals surface area contributed by atoms with Gasteiger partial charge in [-0.1, -0.05) is 13.8 Å². The van der Waals surface area contributed by atoms with Gasteiger partial charge < -0.3 is 10.2 Å². The van der Waals surface area contributed by atoms with Crippen molar-refractivity contribution in [3.05, 3.63) is 17.5 Å². The number of rotatable bonds is 4. The Morgan fingerprint density at radius 2 is 2.10 bits per heavy atom. The SMILES string of the molecule is Cc1cc(C)n(C2CN(C(=O)NC3(CC(C)C)CC3)C2)n1. The van der Waals surface area contributed by atoms with Crippen LogP contribution in [0.25, 0.3) is 0 Å². The average molecular weight is 290 g/mol. The van der Waals surface area contributed by atoms with E-state index in [1.807, 2.05) is 11.8 Å². The van der Waals surface area contributed by atoms with Gasteiger partial charge in [0.05, 0.1) is 11.7 Å². The standard InChI is InChI=1S/C16H26N4O/c1-11(2)8-16(5-6-16)17-15(21)19-9-14(10-19)20-13(4)7-12(3)18-20/h7,11,14H,5-6,8-10H2,1-4H3,(H,17,21). The van der Waals surface area contributed by atoms with Crippen molar-refractivity contribution in [2.45, 2.75) is 58.5 Å². The summed E-state index contributed by atoms with van der Waals surface area (Å²) in [6, 6.07) is 2.53.